The minimum atomic E-state index is -3.00. The van der Waals surface area contributed by atoms with Crippen molar-refractivity contribution >= 4 is 10.0 Å². The molecule has 0 spiro atoms. The molecule has 0 radical (unpaired) electrons. The van der Waals surface area contributed by atoms with Gasteiger partial charge < -0.3 is 5.32 Å². The summed E-state index contributed by atoms with van der Waals surface area (Å²) in [5.74, 6) is 0.529. The van der Waals surface area contributed by atoms with Crippen molar-refractivity contribution in [1.82, 2.24) is 9.62 Å². The summed E-state index contributed by atoms with van der Waals surface area (Å²) >= 11 is 0. The van der Waals surface area contributed by atoms with Gasteiger partial charge in [-0.25, -0.2) is 12.7 Å². The molecule has 1 unspecified atom stereocenters. The highest BCUT2D eigenvalue weighted by molar-refractivity contribution is 7.89. The molecule has 2 heterocycles. The van der Waals surface area contributed by atoms with Crippen LogP contribution in [0.15, 0.2) is 0 Å². The van der Waals surface area contributed by atoms with Crippen molar-refractivity contribution in [2.75, 3.05) is 26.2 Å². The minimum Gasteiger partial charge on any atom is -0.317 e. The van der Waals surface area contributed by atoms with Gasteiger partial charge in [0.15, 0.2) is 0 Å². The molecule has 2 fully saturated rings. The number of rotatable bonds is 2. The van der Waals surface area contributed by atoms with Crippen molar-refractivity contribution in [1.29, 1.82) is 0 Å². The molecule has 15 heavy (non-hydrogen) atoms. The molecule has 4 nitrogen and oxygen atoms in total. The Morgan fingerprint density at radius 1 is 1.20 bits per heavy atom. The maximum absolute atomic E-state index is 12.2. The van der Waals surface area contributed by atoms with E-state index < -0.39 is 10.0 Å². The predicted molar refractivity (Wildman–Crippen MR) is 60.2 cm³/mol. The summed E-state index contributed by atoms with van der Waals surface area (Å²) in [6.07, 6.45) is 2.56. The Labute approximate surface area is 92.1 Å². The maximum Gasteiger partial charge on any atom is 0.217 e. The Hall–Kier alpha value is -0.130. The van der Waals surface area contributed by atoms with Crippen LogP contribution in [0.1, 0.15) is 26.2 Å². The average Bonchev–Trinajstić information content (AvgIpc) is 2.67. The van der Waals surface area contributed by atoms with Crippen LogP contribution in [-0.4, -0.2) is 44.2 Å². The molecule has 1 N–H and O–H groups in total. The fourth-order valence-corrected chi connectivity index (χ4v) is 4.51. The summed E-state index contributed by atoms with van der Waals surface area (Å²) in [5, 5.41) is 3.07. The summed E-state index contributed by atoms with van der Waals surface area (Å²) in [5.41, 5.74) is 0. The van der Waals surface area contributed by atoms with Crippen molar-refractivity contribution < 1.29 is 8.42 Å². The van der Waals surface area contributed by atoms with Crippen LogP contribution in [0, 0.1) is 5.92 Å². The van der Waals surface area contributed by atoms with E-state index in [4.69, 9.17) is 0 Å². The second kappa shape index (κ2) is 4.39. The molecule has 2 saturated heterocycles. The van der Waals surface area contributed by atoms with Gasteiger partial charge in [-0.1, -0.05) is 6.92 Å². The van der Waals surface area contributed by atoms with E-state index in [0.29, 0.717) is 5.92 Å². The van der Waals surface area contributed by atoms with Gasteiger partial charge in [0.1, 0.15) is 0 Å². The maximum atomic E-state index is 12.2. The van der Waals surface area contributed by atoms with Gasteiger partial charge in [0.25, 0.3) is 0 Å². The van der Waals surface area contributed by atoms with E-state index in [0.717, 1.165) is 45.4 Å². The van der Waals surface area contributed by atoms with Gasteiger partial charge in [0, 0.05) is 13.1 Å². The van der Waals surface area contributed by atoms with Crippen molar-refractivity contribution in [2.24, 2.45) is 5.92 Å². The summed E-state index contributed by atoms with van der Waals surface area (Å²) in [6, 6.07) is 0. The van der Waals surface area contributed by atoms with Crippen molar-refractivity contribution in [3.8, 4) is 0 Å². The topological polar surface area (TPSA) is 49.4 Å². The van der Waals surface area contributed by atoms with E-state index in [1.165, 1.54) is 0 Å². The Bertz CT molecular complexity index is 299. The third kappa shape index (κ3) is 2.34. The molecule has 0 aromatic rings. The molecule has 0 amide bonds. The second-order valence-electron chi connectivity index (χ2n) is 4.75. The monoisotopic (exact) mass is 232 g/mol. The van der Waals surface area contributed by atoms with Crippen LogP contribution in [-0.2, 0) is 10.0 Å². The first-order valence-corrected chi connectivity index (χ1v) is 7.30. The number of nitrogens with one attached hydrogen (secondary N) is 1. The number of hydrogen-bond donors (Lipinski definition) is 1. The zero-order chi connectivity index (χ0) is 10.9. The Balaban J connectivity index is 2.05. The molecule has 2 rings (SSSR count). The molecule has 0 saturated carbocycles. The summed E-state index contributed by atoms with van der Waals surface area (Å²) in [4.78, 5) is 0. The van der Waals surface area contributed by atoms with E-state index in [9.17, 15) is 8.42 Å². The lowest BCUT2D eigenvalue weighted by atomic mass is 10.2. The van der Waals surface area contributed by atoms with Crippen LogP contribution in [0.25, 0.3) is 0 Å². The molecular weight excluding hydrogens is 212 g/mol. The summed E-state index contributed by atoms with van der Waals surface area (Å²) in [7, 11) is -3.00. The number of nitrogens with zero attached hydrogens (tertiary/aromatic N) is 1. The van der Waals surface area contributed by atoms with E-state index in [-0.39, 0.29) is 5.25 Å². The van der Waals surface area contributed by atoms with Gasteiger partial charge in [-0.05, 0) is 38.3 Å². The third-order valence-corrected chi connectivity index (χ3v) is 5.82. The lowest BCUT2D eigenvalue weighted by Crippen LogP contribution is -2.43. The Morgan fingerprint density at radius 2 is 1.87 bits per heavy atom. The fraction of sp³-hybridized carbons (Fsp3) is 1.00. The zero-order valence-corrected chi connectivity index (χ0v) is 10.1. The van der Waals surface area contributed by atoms with E-state index in [1.54, 1.807) is 4.31 Å². The van der Waals surface area contributed by atoms with Crippen LogP contribution in [0.4, 0.5) is 0 Å². The van der Waals surface area contributed by atoms with Crippen LogP contribution in [0.5, 0.6) is 0 Å². The molecule has 5 heteroatoms. The van der Waals surface area contributed by atoms with Crippen LogP contribution in [0.2, 0.25) is 0 Å². The SMILES string of the molecule is CC1CCN(S(=O)(=O)C2CCNCC2)C1. The van der Waals surface area contributed by atoms with Crippen LogP contribution in [0.3, 0.4) is 0 Å². The van der Waals surface area contributed by atoms with Crippen LogP contribution < -0.4 is 5.32 Å². The van der Waals surface area contributed by atoms with E-state index >= 15 is 0 Å². The largest absolute Gasteiger partial charge is 0.317 e. The molecule has 0 aliphatic carbocycles. The highest BCUT2D eigenvalue weighted by Crippen LogP contribution is 2.24. The lowest BCUT2D eigenvalue weighted by molar-refractivity contribution is 0.428. The quantitative estimate of drug-likeness (QED) is 0.750. The minimum absolute atomic E-state index is 0.135. The van der Waals surface area contributed by atoms with E-state index in [2.05, 4.69) is 12.2 Å². The molecule has 88 valence electrons. The van der Waals surface area contributed by atoms with Crippen molar-refractivity contribution in [3.05, 3.63) is 0 Å². The molecular formula is C10H20N2O2S. The predicted octanol–water partition coefficient (Wildman–Crippen LogP) is 0.410. The van der Waals surface area contributed by atoms with Gasteiger partial charge >= 0.3 is 0 Å². The number of piperidine rings is 1. The van der Waals surface area contributed by atoms with Gasteiger partial charge in [-0.15, -0.1) is 0 Å². The Kier molecular flexibility index (Phi) is 3.33. The Morgan fingerprint density at radius 3 is 2.40 bits per heavy atom. The average molecular weight is 232 g/mol. The molecule has 1 atom stereocenters. The fourth-order valence-electron chi connectivity index (χ4n) is 2.43. The van der Waals surface area contributed by atoms with Gasteiger partial charge in [0.2, 0.25) is 10.0 Å². The highest BCUT2D eigenvalue weighted by atomic mass is 32.2. The summed E-state index contributed by atoms with van der Waals surface area (Å²) < 4.78 is 26.2. The number of sulfonamides is 1. The first kappa shape index (κ1) is 11.4. The van der Waals surface area contributed by atoms with Gasteiger partial charge in [-0.3, -0.25) is 0 Å². The van der Waals surface area contributed by atoms with Crippen molar-refractivity contribution in [3.63, 3.8) is 0 Å². The molecule has 2 aliphatic rings. The van der Waals surface area contributed by atoms with Gasteiger partial charge in [-0.2, -0.15) is 0 Å². The second-order valence-corrected chi connectivity index (χ2v) is 6.96. The molecule has 0 aromatic heterocycles. The van der Waals surface area contributed by atoms with E-state index in [1.807, 2.05) is 0 Å². The smallest absolute Gasteiger partial charge is 0.217 e. The first-order valence-electron chi connectivity index (χ1n) is 5.80. The van der Waals surface area contributed by atoms with Crippen LogP contribution >= 0.6 is 0 Å². The van der Waals surface area contributed by atoms with Gasteiger partial charge in [0.05, 0.1) is 5.25 Å². The molecule has 2 aliphatic heterocycles. The molecule has 0 bridgehead atoms. The third-order valence-electron chi connectivity index (χ3n) is 3.45. The normalized spacial score (nSPS) is 30.9. The first-order chi connectivity index (χ1) is 7.10. The highest BCUT2D eigenvalue weighted by Gasteiger charge is 2.35. The summed E-state index contributed by atoms with van der Waals surface area (Å²) in [6.45, 7) is 5.26. The zero-order valence-electron chi connectivity index (χ0n) is 9.28. The number of hydrogen-bond acceptors (Lipinski definition) is 3. The van der Waals surface area contributed by atoms with Crippen molar-refractivity contribution in [2.45, 2.75) is 31.4 Å². The lowest BCUT2D eigenvalue weighted by Gasteiger charge is -2.27. The molecule has 0 aromatic carbocycles. The standard InChI is InChI=1S/C10H20N2O2S/c1-9-4-7-12(8-9)15(13,14)10-2-5-11-6-3-10/h9-11H,2-8H2,1H3.